The van der Waals surface area contributed by atoms with E-state index in [9.17, 15) is 4.79 Å². The molecule has 160 valence electrons. The van der Waals surface area contributed by atoms with Gasteiger partial charge in [-0.25, -0.2) is 0 Å². The predicted octanol–water partition coefficient (Wildman–Crippen LogP) is 2.05. The first kappa shape index (κ1) is 30.1. The van der Waals surface area contributed by atoms with E-state index in [1.165, 1.54) is 6.92 Å². The molecule has 0 spiro atoms. The van der Waals surface area contributed by atoms with Crippen molar-refractivity contribution in [2.24, 2.45) is 5.41 Å². The van der Waals surface area contributed by atoms with Gasteiger partial charge in [-0.15, -0.1) is 0 Å². The van der Waals surface area contributed by atoms with Gasteiger partial charge >= 0.3 is 0 Å². The van der Waals surface area contributed by atoms with Gasteiger partial charge in [-0.05, 0) is 26.2 Å². The maximum atomic E-state index is 10.6. The zero-order chi connectivity index (χ0) is 21.8. The average Bonchev–Trinajstić information content (AvgIpc) is 2.32. The van der Waals surface area contributed by atoms with E-state index in [4.69, 9.17) is 10.2 Å². The number of likely N-dealkylation sites (N-methyl/N-ethyl adjacent to an activating group) is 2. The van der Waals surface area contributed by atoms with E-state index in [2.05, 4.69) is 54.0 Å². The highest BCUT2D eigenvalue weighted by molar-refractivity contribution is 5.72. The fourth-order valence-electron chi connectivity index (χ4n) is 1.95. The lowest BCUT2D eigenvalue weighted by molar-refractivity contribution is -0.894. The lowest BCUT2D eigenvalue weighted by Crippen LogP contribution is -2.51. The van der Waals surface area contributed by atoms with E-state index in [1.807, 2.05) is 21.0 Å². The maximum Gasteiger partial charge on any atom is 0.221 e. The first-order valence-corrected chi connectivity index (χ1v) is 9.56. The Morgan fingerprint density at radius 3 is 1.42 bits per heavy atom. The molecule has 3 N–H and O–H groups in total. The zero-order valence-corrected chi connectivity index (χ0v) is 19.7. The van der Waals surface area contributed by atoms with Crippen LogP contribution >= 0.6 is 0 Å². The molecule has 1 amide bonds. The Balaban J connectivity index is -0.000000333. The quantitative estimate of drug-likeness (QED) is 0.468. The smallest absolute Gasteiger partial charge is 0.221 e. The van der Waals surface area contributed by atoms with Gasteiger partial charge in [-0.2, -0.15) is 0 Å². The van der Waals surface area contributed by atoms with Crippen molar-refractivity contribution in [2.75, 3.05) is 54.5 Å². The van der Waals surface area contributed by atoms with E-state index in [0.717, 1.165) is 17.6 Å². The van der Waals surface area contributed by atoms with Gasteiger partial charge in [0.25, 0.3) is 0 Å². The molecule has 0 saturated heterocycles. The van der Waals surface area contributed by atoms with Crippen LogP contribution in [0.3, 0.4) is 0 Å². The molecule has 6 heteroatoms. The Kier molecular flexibility index (Phi) is 15.6. The fourth-order valence-corrected chi connectivity index (χ4v) is 1.95. The standard InChI is InChI=1S/C8H18N2O2.C7H18NO.C5H12/c1-7(11)5-10(3,4)6-9-8(2)12;1-5-8(3,4)6-7(2)9;1-5(2,3)4/h7,11H,5-6H2,1-4H3;7,9H,5-6H2,1-4H3;1-4H3/q;+1;/p+1. The van der Waals surface area contributed by atoms with Crippen molar-refractivity contribution in [2.45, 2.75) is 67.6 Å². The van der Waals surface area contributed by atoms with Crippen LogP contribution in [0.5, 0.6) is 0 Å². The zero-order valence-electron chi connectivity index (χ0n) is 19.7. The number of rotatable bonds is 7. The third kappa shape index (κ3) is 34.6. The van der Waals surface area contributed by atoms with Crippen LogP contribution < -0.4 is 5.32 Å². The van der Waals surface area contributed by atoms with Crippen molar-refractivity contribution in [3.63, 3.8) is 0 Å². The summed E-state index contributed by atoms with van der Waals surface area (Å²) in [4.78, 5) is 10.6. The number of nitrogens with one attached hydrogen (secondary N) is 1. The van der Waals surface area contributed by atoms with Crippen molar-refractivity contribution in [1.29, 1.82) is 0 Å². The summed E-state index contributed by atoms with van der Waals surface area (Å²) in [6, 6.07) is 0. The van der Waals surface area contributed by atoms with Crippen LogP contribution in [-0.2, 0) is 4.79 Å². The summed E-state index contributed by atoms with van der Waals surface area (Å²) in [7, 11) is 8.16. The van der Waals surface area contributed by atoms with Crippen LogP contribution in [0.1, 0.15) is 55.4 Å². The summed E-state index contributed by atoms with van der Waals surface area (Å²) in [6.07, 6.45) is -0.520. The van der Waals surface area contributed by atoms with Crippen LogP contribution in [0.2, 0.25) is 0 Å². The van der Waals surface area contributed by atoms with Crippen LogP contribution in [0.25, 0.3) is 0 Å². The summed E-state index contributed by atoms with van der Waals surface area (Å²) >= 11 is 0. The van der Waals surface area contributed by atoms with Gasteiger partial charge in [0.15, 0.2) is 6.67 Å². The highest BCUT2D eigenvalue weighted by Crippen LogP contribution is 2.08. The topological polar surface area (TPSA) is 69.6 Å². The molecule has 26 heavy (non-hydrogen) atoms. The normalized spacial score (nSPS) is 14.2. The first-order chi connectivity index (χ1) is 11.3. The largest absolute Gasteiger partial charge is 0.388 e. The summed E-state index contributed by atoms with van der Waals surface area (Å²) in [5, 5.41) is 20.8. The van der Waals surface area contributed by atoms with Gasteiger partial charge in [0.1, 0.15) is 25.3 Å². The minimum atomic E-state index is -0.339. The molecule has 0 heterocycles. The molecule has 2 unspecified atom stereocenters. The van der Waals surface area contributed by atoms with Gasteiger partial charge in [-0.3, -0.25) is 4.79 Å². The van der Waals surface area contributed by atoms with Crippen LogP contribution in [0.15, 0.2) is 0 Å². The third-order valence-electron chi connectivity index (χ3n) is 3.13. The molecule has 6 nitrogen and oxygen atoms in total. The Labute approximate surface area is 163 Å². The molecular formula is C20H49N3O3+2. The molecule has 0 aromatic heterocycles. The molecule has 0 aliphatic heterocycles. The van der Waals surface area contributed by atoms with Crippen molar-refractivity contribution < 1.29 is 24.0 Å². The summed E-state index contributed by atoms with van der Waals surface area (Å²) in [5.74, 6) is -0.0354. The molecule has 0 saturated carbocycles. The van der Waals surface area contributed by atoms with E-state index in [0.29, 0.717) is 23.1 Å². The SMILES string of the molecule is CC(=O)NC[N+](C)(C)CC(C)O.CC(C)(C)C.CC[N+](C)(C)CC(C)O. The lowest BCUT2D eigenvalue weighted by atomic mass is 10.0. The Morgan fingerprint density at radius 1 is 0.923 bits per heavy atom. The van der Waals surface area contributed by atoms with Crippen molar-refractivity contribution in [3.8, 4) is 0 Å². The summed E-state index contributed by atoms with van der Waals surface area (Å²) < 4.78 is 1.49. The third-order valence-corrected chi connectivity index (χ3v) is 3.13. The van der Waals surface area contributed by atoms with Crippen LogP contribution in [-0.4, -0.2) is 91.8 Å². The highest BCUT2D eigenvalue weighted by atomic mass is 16.3. The molecule has 0 rings (SSSR count). The van der Waals surface area contributed by atoms with E-state index in [1.54, 1.807) is 6.92 Å². The number of hydrogen-bond donors (Lipinski definition) is 3. The second kappa shape index (κ2) is 13.5. The summed E-state index contributed by atoms with van der Waals surface area (Å²) in [5.41, 5.74) is 0.500. The van der Waals surface area contributed by atoms with Gasteiger partial charge in [0, 0.05) is 6.92 Å². The van der Waals surface area contributed by atoms with Crippen LogP contribution in [0, 0.1) is 5.41 Å². The number of carbonyl (C=O) groups excluding carboxylic acids is 1. The Morgan fingerprint density at radius 2 is 1.23 bits per heavy atom. The minimum Gasteiger partial charge on any atom is -0.388 e. The number of aliphatic hydroxyl groups excluding tert-OH is 2. The number of aliphatic hydroxyl groups is 2. The fraction of sp³-hybridized carbons (Fsp3) is 0.950. The van der Waals surface area contributed by atoms with Crippen LogP contribution in [0.4, 0.5) is 0 Å². The van der Waals surface area contributed by atoms with E-state index in [-0.39, 0.29) is 18.1 Å². The molecule has 2 atom stereocenters. The number of quaternary nitrogens is 2. The average molecular weight is 380 g/mol. The molecule has 0 aromatic rings. The van der Waals surface area contributed by atoms with Crippen molar-refractivity contribution >= 4 is 5.91 Å². The molecule has 0 aromatic carbocycles. The van der Waals surface area contributed by atoms with Gasteiger partial charge < -0.3 is 24.5 Å². The second-order valence-electron chi connectivity index (χ2n) is 10.1. The van der Waals surface area contributed by atoms with Gasteiger partial charge in [0.05, 0.1) is 34.7 Å². The van der Waals surface area contributed by atoms with Crippen molar-refractivity contribution in [3.05, 3.63) is 0 Å². The van der Waals surface area contributed by atoms with E-state index < -0.39 is 0 Å². The molecule has 0 aliphatic carbocycles. The predicted molar refractivity (Wildman–Crippen MR) is 112 cm³/mol. The summed E-state index contributed by atoms with van der Waals surface area (Å²) in [6.45, 7) is 19.1. The molecular weight excluding hydrogens is 330 g/mol. The monoisotopic (exact) mass is 379 g/mol. The van der Waals surface area contributed by atoms with E-state index >= 15 is 0 Å². The number of hydrogen-bond acceptors (Lipinski definition) is 3. The molecule has 0 radical (unpaired) electrons. The Hall–Kier alpha value is -0.690. The minimum absolute atomic E-state index is 0.0354. The second-order valence-corrected chi connectivity index (χ2v) is 10.1. The van der Waals surface area contributed by atoms with Crippen molar-refractivity contribution in [1.82, 2.24) is 5.32 Å². The number of amides is 1. The molecule has 0 fully saturated rings. The number of nitrogens with zero attached hydrogens (tertiary/aromatic N) is 2. The first-order valence-electron chi connectivity index (χ1n) is 9.56. The molecule has 0 aliphatic rings. The molecule has 0 bridgehead atoms. The number of carbonyl (C=O) groups is 1. The van der Waals surface area contributed by atoms with Gasteiger partial charge in [-0.1, -0.05) is 27.7 Å². The maximum absolute atomic E-state index is 10.6. The Bertz CT molecular complexity index is 354. The highest BCUT2D eigenvalue weighted by Gasteiger charge is 2.17. The lowest BCUT2D eigenvalue weighted by Gasteiger charge is -2.30. The van der Waals surface area contributed by atoms with Gasteiger partial charge in [0.2, 0.25) is 5.91 Å².